The Balaban J connectivity index is 1.30. The molecule has 4 aromatic rings. The van der Waals surface area contributed by atoms with Crippen LogP contribution in [0.5, 0.6) is 11.5 Å². The number of amides is 1. The van der Waals surface area contributed by atoms with Crippen molar-refractivity contribution < 1.29 is 19.1 Å². The van der Waals surface area contributed by atoms with Gasteiger partial charge in [0.25, 0.3) is 0 Å². The largest absolute Gasteiger partial charge is 0.458 e. The smallest absolute Gasteiger partial charge is 0.232 e. The summed E-state index contributed by atoms with van der Waals surface area (Å²) >= 11 is 0. The molecule has 1 aliphatic rings. The van der Waals surface area contributed by atoms with Crippen LogP contribution in [0.3, 0.4) is 0 Å². The minimum atomic E-state index is -0.785. The number of aliphatic hydroxyl groups excluding tert-OH is 1. The zero-order chi connectivity index (χ0) is 20.5. The summed E-state index contributed by atoms with van der Waals surface area (Å²) in [6.07, 6.45) is -0.426. The maximum atomic E-state index is 13.1. The fraction of sp³-hybridized carbons (Fsp3) is 0.160. The average Bonchev–Trinajstić information content (AvgIpc) is 3.21. The molecular formula is C25H21NO4. The number of carbonyl (C=O) groups is 1. The van der Waals surface area contributed by atoms with Gasteiger partial charge in [0.05, 0.1) is 5.92 Å². The topological polar surface area (TPSA) is 71.7 Å². The van der Waals surface area contributed by atoms with E-state index in [-0.39, 0.29) is 5.91 Å². The average molecular weight is 399 g/mol. The summed E-state index contributed by atoms with van der Waals surface area (Å²) in [6, 6.07) is 24.6. The molecule has 2 heterocycles. The van der Waals surface area contributed by atoms with Crippen molar-refractivity contribution in [3.05, 3.63) is 95.7 Å². The number of hydrogen-bond donors (Lipinski definition) is 2. The van der Waals surface area contributed by atoms with E-state index in [0.29, 0.717) is 30.2 Å². The highest BCUT2D eigenvalue weighted by Gasteiger charge is 2.32. The molecule has 0 aliphatic carbocycles. The molecule has 0 bridgehead atoms. The Morgan fingerprint density at radius 3 is 2.27 bits per heavy atom. The summed E-state index contributed by atoms with van der Waals surface area (Å²) in [6.45, 7) is 0.332. The van der Waals surface area contributed by atoms with Gasteiger partial charge in [0.2, 0.25) is 5.91 Å². The molecule has 0 spiro atoms. The van der Waals surface area contributed by atoms with Crippen molar-refractivity contribution >= 4 is 16.9 Å². The fourth-order valence-electron chi connectivity index (χ4n) is 3.94. The number of hydrogen-bond acceptors (Lipinski definition) is 4. The van der Waals surface area contributed by atoms with Gasteiger partial charge < -0.3 is 19.6 Å². The predicted molar refractivity (Wildman–Crippen MR) is 114 cm³/mol. The second-order valence-electron chi connectivity index (χ2n) is 7.39. The lowest BCUT2D eigenvalue weighted by atomic mass is 9.87. The van der Waals surface area contributed by atoms with E-state index in [2.05, 4.69) is 5.32 Å². The van der Waals surface area contributed by atoms with E-state index in [0.717, 1.165) is 22.1 Å². The van der Waals surface area contributed by atoms with Gasteiger partial charge >= 0.3 is 0 Å². The van der Waals surface area contributed by atoms with E-state index in [1.807, 2.05) is 78.9 Å². The van der Waals surface area contributed by atoms with Gasteiger partial charge in [-0.2, -0.15) is 0 Å². The minimum Gasteiger partial charge on any atom is -0.458 e. The van der Waals surface area contributed by atoms with Crippen molar-refractivity contribution in [1.29, 1.82) is 0 Å². The van der Waals surface area contributed by atoms with Gasteiger partial charge in [-0.25, -0.2) is 0 Å². The number of benzene rings is 3. The van der Waals surface area contributed by atoms with E-state index >= 15 is 0 Å². The van der Waals surface area contributed by atoms with Gasteiger partial charge in [0.15, 0.2) is 0 Å². The number of nitrogens with one attached hydrogen (secondary N) is 1. The molecule has 3 aromatic carbocycles. The molecule has 0 saturated heterocycles. The fourth-order valence-corrected chi connectivity index (χ4v) is 3.94. The highest BCUT2D eigenvalue weighted by Crippen LogP contribution is 2.43. The van der Waals surface area contributed by atoms with E-state index in [9.17, 15) is 9.90 Å². The number of fused-ring (bicyclic) bond motifs is 3. The number of furan rings is 1. The molecule has 1 amide bonds. The molecule has 5 heteroatoms. The van der Waals surface area contributed by atoms with Gasteiger partial charge in [0, 0.05) is 23.1 Å². The maximum Gasteiger partial charge on any atom is 0.232 e. The van der Waals surface area contributed by atoms with Crippen LogP contribution in [-0.4, -0.2) is 17.6 Å². The quantitative estimate of drug-likeness (QED) is 0.500. The Morgan fingerprint density at radius 1 is 0.933 bits per heavy atom. The standard InChI is InChI=1S/C25H21NO4/c27-19(23-15-16-7-1-4-10-20(16)29-23)13-14-26-25(28)24-17-8-2-5-11-21(17)30-22-12-6-3-9-18(22)24/h1-12,15,19,24,27H,13-14H2,(H,26,28)/t19-/m1/s1. The first-order valence-electron chi connectivity index (χ1n) is 10.0. The lowest BCUT2D eigenvalue weighted by Crippen LogP contribution is -2.32. The molecule has 1 aromatic heterocycles. The Labute approximate surface area is 173 Å². The Morgan fingerprint density at radius 2 is 1.57 bits per heavy atom. The van der Waals surface area contributed by atoms with Crippen LogP contribution in [0.2, 0.25) is 0 Å². The summed E-state index contributed by atoms with van der Waals surface area (Å²) in [4.78, 5) is 13.1. The van der Waals surface area contributed by atoms with Crippen LogP contribution < -0.4 is 10.1 Å². The zero-order valence-electron chi connectivity index (χ0n) is 16.2. The van der Waals surface area contributed by atoms with Gasteiger partial charge in [-0.15, -0.1) is 0 Å². The predicted octanol–water partition coefficient (Wildman–Crippen LogP) is 4.91. The molecule has 30 heavy (non-hydrogen) atoms. The Kier molecular flexibility index (Phi) is 4.73. The molecule has 5 rings (SSSR count). The molecule has 150 valence electrons. The van der Waals surface area contributed by atoms with Crippen molar-refractivity contribution in [2.75, 3.05) is 6.54 Å². The number of rotatable bonds is 5. The summed E-state index contributed by atoms with van der Waals surface area (Å²) in [7, 11) is 0. The van der Waals surface area contributed by atoms with Crippen LogP contribution in [0.15, 0.2) is 83.3 Å². The minimum absolute atomic E-state index is 0.116. The van der Waals surface area contributed by atoms with Gasteiger partial charge in [0.1, 0.15) is 28.9 Å². The first-order valence-corrected chi connectivity index (χ1v) is 10.0. The molecule has 5 nitrogen and oxygen atoms in total. The lowest BCUT2D eigenvalue weighted by Gasteiger charge is -2.27. The maximum absolute atomic E-state index is 13.1. The summed E-state index contributed by atoms with van der Waals surface area (Å²) in [5.41, 5.74) is 2.42. The SMILES string of the molecule is O=C(NCC[C@@H](O)c1cc2ccccc2o1)C1c2ccccc2Oc2ccccc21. The molecule has 1 atom stereocenters. The summed E-state index contributed by atoms with van der Waals surface area (Å²) in [5, 5.41) is 14.4. The molecule has 0 saturated carbocycles. The van der Waals surface area contributed by atoms with E-state index in [4.69, 9.17) is 9.15 Å². The number of aliphatic hydroxyl groups is 1. The van der Waals surface area contributed by atoms with Crippen LogP contribution in [-0.2, 0) is 4.79 Å². The van der Waals surface area contributed by atoms with Crippen LogP contribution in [0.25, 0.3) is 11.0 Å². The number of ether oxygens (including phenoxy) is 1. The molecule has 0 radical (unpaired) electrons. The Hall–Kier alpha value is -3.57. The molecule has 0 fully saturated rings. The van der Waals surface area contributed by atoms with Crippen molar-refractivity contribution in [3.63, 3.8) is 0 Å². The number of carbonyl (C=O) groups excluding carboxylic acids is 1. The van der Waals surface area contributed by atoms with Crippen LogP contribution in [0.4, 0.5) is 0 Å². The number of para-hydroxylation sites is 3. The van der Waals surface area contributed by atoms with Gasteiger partial charge in [-0.1, -0.05) is 54.6 Å². The third-order valence-electron chi connectivity index (χ3n) is 5.43. The normalized spacial score (nSPS) is 13.9. The highest BCUT2D eigenvalue weighted by atomic mass is 16.5. The molecule has 1 aliphatic heterocycles. The van der Waals surface area contributed by atoms with Crippen molar-refractivity contribution in [2.24, 2.45) is 0 Å². The van der Waals surface area contributed by atoms with Gasteiger partial charge in [-0.3, -0.25) is 4.79 Å². The third kappa shape index (κ3) is 3.33. The molecular weight excluding hydrogens is 378 g/mol. The second kappa shape index (κ2) is 7.69. The van der Waals surface area contributed by atoms with E-state index in [1.54, 1.807) is 0 Å². The molecule has 2 N–H and O–H groups in total. The summed E-state index contributed by atoms with van der Waals surface area (Å²) < 4.78 is 11.7. The Bertz CT molecular complexity index is 1130. The lowest BCUT2D eigenvalue weighted by molar-refractivity contribution is -0.121. The van der Waals surface area contributed by atoms with Crippen LogP contribution in [0, 0.1) is 0 Å². The monoisotopic (exact) mass is 399 g/mol. The van der Waals surface area contributed by atoms with Crippen molar-refractivity contribution in [3.8, 4) is 11.5 Å². The van der Waals surface area contributed by atoms with Crippen molar-refractivity contribution in [1.82, 2.24) is 5.32 Å². The first-order chi connectivity index (χ1) is 14.7. The first kappa shape index (κ1) is 18.5. The molecule has 0 unspecified atom stereocenters. The second-order valence-corrected chi connectivity index (χ2v) is 7.39. The van der Waals surface area contributed by atoms with Crippen molar-refractivity contribution in [2.45, 2.75) is 18.4 Å². The van der Waals surface area contributed by atoms with Crippen LogP contribution in [0.1, 0.15) is 35.3 Å². The van der Waals surface area contributed by atoms with Crippen LogP contribution >= 0.6 is 0 Å². The highest BCUT2D eigenvalue weighted by molar-refractivity contribution is 5.89. The van der Waals surface area contributed by atoms with Gasteiger partial charge in [-0.05, 0) is 30.7 Å². The third-order valence-corrected chi connectivity index (χ3v) is 5.43. The van der Waals surface area contributed by atoms with E-state index in [1.165, 1.54) is 0 Å². The zero-order valence-corrected chi connectivity index (χ0v) is 16.2. The summed E-state index contributed by atoms with van der Waals surface area (Å²) in [5.74, 6) is 1.33. The van der Waals surface area contributed by atoms with E-state index < -0.39 is 12.0 Å².